The van der Waals surface area contributed by atoms with Crippen LogP contribution < -0.4 is 10.1 Å². The predicted octanol–water partition coefficient (Wildman–Crippen LogP) is 6.35. The number of carbonyl (C=O) groups is 1. The number of hydrogen-bond donors (Lipinski definition) is 1. The second kappa shape index (κ2) is 8.13. The van der Waals surface area contributed by atoms with Crippen LogP contribution in [-0.4, -0.2) is 22.4 Å². The van der Waals surface area contributed by atoms with Gasteiger partial charge in [-0.25, -0.2) is 4.98 Å². The van der Waals surface area contributed by atoms with Crippen molar-refractivity contribution in [2.75, 3.05) is 12.4 Å². The van der Waals surface area contributed by atoms with E-state index < -0.39 is 0 Å². The number of hydrogen-bond acceptors (Lipinski definition) is 4. The van der Waals surface area contributed by atoms with E-state index in [-0.39, 0.29) is 5.91 Å². The summed E-state index contributed by atoms with van der Waals surface area (Å²) in [5.74, 6) is 0.726. The van der Waals surface area contributed by atoms with Crippen molar-refractivity contribution in [2.24, 2.45) is 0 Å². The number of thiazole rings is 1. The van der Waals surface area contributed by atoms with E-state index in [0.717, 1.165) is 55.4 Å². The molecule has 1 amide bonds. The molecule has 2 aromatic heterocycles. The van der Waals surface area contributed by atoms with Crippen LogP contribution in [0.2, 0.25) is 0 Å². The van der Waals surface area contributed by atoms with E-state index in [0.29, 0.717) is 5.56 Å². The van der Waals surface area contributed by atoms with Crippen LogP contribution in [0.15, 0.2) is 66.9 Å². The lowest BCUT2D eigenvalue weighted by Gasteiger charge is -2.13. The van der Waals surface area contributed by atoms with E-state index in [1.165, 1.54) is 0 Å². The largest absolute Gasteiger partial charge is 0.497 e. The van der Waals surface area contributed by atoms with Gasteiger partial charge in [0.1, 0.15) is 5.75 Å². The van der Waals surface area contributed by atoms with Gasteiger partial charge in [-0.3, -0.25) is 9.20 Å². The van der Waals surface area contributed by atoms with Crippen LogP contribution in [0.3, 0.4) is 0 Å². The molecule has 5 aromatic rings. The van der Waals surface area contributed by atoms with Gasteiger partial charge in [-0.1, -0.05) is 36.5 Å². The van der Waals surface area contributed by atoms with Gasteiger partial charge in [-0.2, -0.15) is 0 Å². The molecule has 0 atom stereocenters. The zero-order valence-electron chi connectivity index (χ0n) is 18.2. The van der Waals surface area contributed by atoms with Crippen LogP contribution >= 0.6 is 11.3 Å². The Hall–Kier alpha value is -3.64. The summed E-state index contributed by atoms with van der Waals surface area (Å²) in [6, 6.07) is 19.8. The van der Waals surface area contributed by atoms with Crippen molar-refractivity contribution in [3.8, 4) is 17.0 Å². The topological polar surface area (TPSA) is 55.6 Å². The summed E-state index contributed by atoms with van der Waals surface area (Å²) >= 11 is 1.58. The Balaban J connectivity index is 1.46. The summed E-state index contributed by atoms with van der Waals surface area (Å²) in [7, 11) is 1.66. The SMILES string of the molecule is CCc1cccc(C)c1NC(=O)c1ccc2c(c1)sc1nc(-c3ccc(OC)cc3)cn12. The number of aromatic nitrogens is 2. The highest BCUT2D eigenvalue weighted by molar-refractivity contribution is 7.23. The highest BCUT2D eigenvalue weighted by Crippen LogP contribution is 2.31. The summed E-state index contributed by atoms with van der Waals surface area (Å²) in [6.45, 7) is 4.12. The molecule has 1 N–H and O–H groups in total. The number of nitrogens with one attached hydrogen (secondary N) is 1. The van der Waals surface area contributed by atoms with Crippen molar-refractivity contribution in [2.45, 2.75) is 20.3 Å². The van der Waals surface area contributed by atoms with Gasteiger partial charge in [0, 0.05) is 23.0 Å². The highest BCUT2D eigenvalue weighted by atomic mass is 32.1. The number of benzene rings is 3. The normalized spacial score (nSPS) is 11.2. The number of nitrogens with zero attached hydrogens (tertiary/aromatic N) is 2. The van der Waals surface area contributed by atoms with Crippen LogP contribution in [0.4, 0.5) is 5.69 Å². The molecule has 6 heteroatoms. The summed E-state index contributed by atoms with van der Waals surface area (Å²) < 4.78 is 8.35. The molecule has 0 saturated carbocycles. The number of imidazole rings is 1. The van der Waals surface area contributed by atoms with Gasteiger partial charge in [0.05, 0.1) is 23.0 Å². The Morgan fingerprint density at radius 3 is 2.69 bits per heavy atom. The first-order valence-corrected chi connectivity index (χ1v) is 11.3. The van der Waals surface area contributed by atoms with Gasteiger partial charge in [0.25, 0.3) is 5.91 Å². The minimum absolute atomic E-state index is 0.0964. The Bertz CT molecular complexity index is 1450. The second-order valence-electron chi connectivity index (χ2n) is 7.71. The molecular formula is C26H23N3O2S. The smallest absolute Gasteiger partial charge is 0.255 e. The second-order valence-corrected chi connectivity index (χ2v) is 8.72. The molecule has 0 aliphatic carbocycles. The summed E-state index contributed by atoms with van der Waals surface area (Å²) in [5, 5.41) is 3.11. The first-order chi connectivity index (χ1) is 15.6. The molecule has 0 unspecified atom stereocenters. The lowest BCUT2D eigenvalue weighted by atomic mass is 10.1. The average molecular weight is 442 g/mol. The zero-order chi connectivity index (χ0) is 22.2. The number of ether oxygens (including phenoxy) is 1. The van der Waals surface area contributed by atoms with Gasteiger partial charge >= 0.3 is 0 Å². The molecule has 0 aliphatic heterocycles. The van der Waals surface area contributed by atoms with Crippen molar-refractivity contribution < 1.29 is 9.53 Å². The molecule has 0 radical (unpaired) electrons. The highest BCUT2D eigenvalue weighted by Gasteiger charge is 2.15. The van der Waals surface area contributed by atoms with E-state index >= 15 is 0 Å². The molecule has 32 heavy (non-hydrogen) atoms. The van der Waals surface area contributed by atoms with Gasteiger partial charge in [0.2, 0.25) is 0 Å². The fourth-order valence-electron chi connectivity index (χ4n) is 3.93. The molecule has 0 spiro atoms. The minimum Gasteiger partial charge on any atom is -0.497 e. The summed E-state index contributed by atoms with van der Waals surface area (Å²) in [6.07, 6.45) is 2.91. The number of anilines is 1. The van der Waals surface area contributed by atoms with E-state index in [2.05, 4.69) is 22.7 Å². The minimum atomic E-state index is -0.0964. The number of methoxy groups -OCH3 is 1. The Kier molecular flexibility index (Phi) is 5.15. The third kappa shape index (κ3) is 3.52. The van der Waals surface area contributed by atoms with Crippen molar-refractivity contribution in [1.29, 1.82) is 0 Å². The molecule has 0 fully saturated rings. The maximum absolute atomic E-state index is 13.0. The van der Waals surface area contributed by atoms with E-state index in [4.69, 9.17) is 9.72 Å². The van der Waals surface area contributed by atoms with Gasteiger partial charge in [-0.05, 0) is 66.9 Å². The Morgan fingerprint density at radius 1 is 1.12 bits per heavy atom. The van der Waals surface area contributed by atoms with Gasteiger partial charge < -0.3 is 10.1 Å². The molecule has 0 aliphatic rings. The predicted molar refractivity (Wildman–Crippen MR) is 131 cm³/mol. The van der Waals surface area contributed by atoms with Gasteiger partial charge in [0.15, 0.2) is 4.96 Å². The third-order valence-corrected chi connectivity index (χ3v) is 6.74. The molecule has 2 heterocycles. The standard InChI is InChI=1S/C26H23N3O2S/c1-4-17-7-5-6-16(2)24(17)28-25(30)19-10-13-22-23(14-19)32-26-27-21(15-29(22)26)18-8-11-20(31-3)12-9-18/h5-15H,4H2,1-3H3,(H,28,30). The molecule has 5 rings (SSSR count). The van der Waals surface area contributed by atoms with Crippen LogP contribution in [0.5, 0.6) is 5.75 Å². The quantitative estimate of drug-likeness (QED) is 0.346. The first kappa shape index (κ1) is 20.3. The molecule has 0 saturated heterocycles. The van der Waals surface area contributed by atoms with Crippen molar-refractivity contribution in [3.05, 3.63) is 83.6 Å². The van der Waals surface area contributed by atoms with Crippen LogP contribution in [0.1, 0.15) is 28.4 Å². The lowest BCUT2D eigenvalue weighted by molar-refractivity contribution is 0.102. The van der Waals surface area contributed by atoms with Crippen molar-refractivity contribution in [3.63, 3.8) is 0 Å². The Morgan fingerprint density at radius 2 is 1.94 bits per heavy atom. The van der Waals surface area contributed by atoms with Crippen LogP contribution in [0, 0.1) is 6.92 Å². The number of fused-ring (bicyclic) bond motifs is 3. The maximum Gasteiger partial charge on any atom is 0.255 e. The van der Waals surface area contributed by atoms with Gasteiger partial charge in [-0.15, -0.1) is 0 Å². The summed E-state index contributed by atoms with van der Waals surface area (Å²) in [5.41, 5.74) is 6.75. The van der Waals surface area contributed by atoms with Crippen molar-refractivity contribution >= 4 is 38.1 Å². The molecule has 160 valence electrons. The van der Waals surface area contributed by atoms with E-state index in [1.807, 2.05) is 67.7 Å². The number of rotatable bonds is 5. The fourth-order valence-corrected chi connectivity index (χ4v) is 4.98. The fraction of sp³-hybridized carbons (Fsp3) is 0.154. The molecule has 0 bridgehead atoms. The van der Waals surface area contributed by atoms with Crippen LogP contribution in [0.25, 0.3) is 26.4 Å². The average Bonchev–Trinajstić information content (AvgIpc) is 3.38. The molecule has 5 nitrogen and oxygen atoms in total. The summed E-state index contributed by atoms with van der Waals surface area (Å²) in [4.78, 5) is 18.7. The maximum atomic E-state index is 13.0. The number of para-hydroxylation sites is 1. The van der Waals surface area contributed by atoms with Crippen LogP contribution in [-0.2, 0) is 6.42 Å². The monoisotopic (exact) mass is 441 g/mol. The van der Waals surface area contributed by atoms with E-state index in [9.17, 15) is 4.79 Å². The molecule has 3 aromatic carbocycles. The lowest BCUT2D eigenvalue weighted by Crippen LogP contribution is -2.14. The third-order valence-electron chi connectivity index (χ3n) is 5.72. The Labute approximate surface area is 190 Å². The molecular weight excluding hydrogens is 418 g/mol. The van der Waals surface area contributed by atoms with E-state index in [1.54, 1.807) is 18.4 Å². The zero-order valence-corrected chi connectivity index (χ0v) is 19.0. The number of carbonyl (C=O) groups excluding carboxylic acids is 1. The number of amides is 1. The van der Waals surface area contributed by atoms with Crippen molar-refractivity contribution in [1.82, 2.24) is 9.38 Å². The first-order valence-electron chi connectivity index (χ1n) is 10.5. The number of aryl methyl sites for hydroxylation is 2.